The summed E-state index contributed by atoms with van der Waals surface area (Å²) in [5.41, 5.74) is 0.0560. The van der Waals surface area contributed by atoms with Crippen molar-refractivity contribution in [1.82, 2.24) is 10.6 Å². The molecule has 7 nitrogen and oxygen atoms in total. The second-order valence-electron chi connectivity index (χ2n) is 7.28. The number of aliphatic carboxylic acids is 1. The topological polar surface area (TPSA) is 108 Å². The van der Waals surface area contributed by atoms with Crippen molar-refractivity contribution in [3.8, 4) is 0 Å². The molecule has 0 bridgehead atoms. The molecule has 1 aromatic carbocycles. The Balaban J connectivity index is 1.59. The standard InChI is InChI=1S/C19H25N3O4/c23-16(20-12-19(17(24)25)9-2-1-3-10-19)13-5-4-6-15(11-13)22-18(26)21-14-7-8-14/h4-6,11,14H,1-3,7-10,12H2,(H,20,23)(H,24,25)(H2,21,22,26). The number of amides is 3. The van der Waals surface area contributed by atoms with E-state index in [4.69, 9.17) is 0 Å². The lowest BCUT2D eigenvalue weighted by atomic mass is 9.74. The fraction of sp³-hybridized carbons (Fsp3) is 0.526. The zero-order chi connectivity index (χ0) is 18.6. The molecule has 0 saturated heterocycles. The Bertz CT molecular complexity index is 694. The Morgan fingerprint density at radius 1 is 1.12 bits per heavy atom. The van der Waals surface area contributed by atoms with Crippen LogP contribution in [0.1, 0.15) is 55.3 Å². The second-order valence-corrected chi connectivity index (χ2v) is 7.28. The number of hydrogen-bond donors (Lipinski definition) is 4. The molecule has 2 aliphatic rings. The smallest absolute Gasteiger partial charge is 0.319 e. The number of urea groups is 1. The third-order valence-electron chi connectivity index (χ3n) is 5.15. The third-order valence-corrected chi connectivity index (χ3v) is 5.15. The predicted molar refractivity (Wildman–Crippen MR) is 97.1 cm³/mol. The summed E-state index contributed by atoms with van der Waals surface area (Å²) in [5, 5.41) is 17.9. The zero-order valence-corrected chi connectivity index (χ0v) is 14.7. The van der Waals surface area contributed by atoms with Gasteiger partial charge >= 0.3 is 12.0 Å². The molecule has 140 valence electrons. The first-order valence-electron chi connectivity index (χ1n) is 9.18. The molecule has 26 heavy (non-hydrogen) atoms. The van der Waals surface area contributed by atoms with Crippen molar-refractivity contribution in [3.05, 3.63) is 29.8 Å². The number of rotatable bonds is 6. The van der Waals surface area contributed by atoms with Crippen molar-refractivity contribution in [2.75, 3.05) is 11.9 Å². The highest BCUT2D eigenvalue weighted by Crippen LogP contribution is 2.36. The van der Waals surface area contributed by atoms with Gasteiger partial charge in [0.25, 0.3) is 5.91 Å². The molecular formula is C19H25N3O4. The molecule has 0 aliphatic heterocycles. The van der Waals surface area contributed by atoms with E-state index in [1.807, 2.05) is 0 Å². The van der Waals surface area contributed by atoms with Gasteiger partial charge in [0, 0.05) is 23.8 Å². The molecular weight excluding hydrogens is 334 g/mol. The number of nitrogens with one attached hydrogen (secondary N) is 3. The number of carbonyl (C=O) groups excluding carboxylic acids is 2. The van der Waals surface area contributed by atoms with E-state index in [0.29, 0.717) is 24.1 Å². The average molecular weight is 359 g/mol. The molecule has 2 saturated carbocycles. The van der Waals surface area contributed by atoms with Gasteiger partial charge < -0.3 is 21.1 Å². The lowest BCUT2D eigenvalue weighted by Gasteiger charge is -2.33. The molecule has 0 radical (unpaired) electrons. The highest BCUT2D eigenvalue weighted by Gasteiger charge is 2.39. The fourth-order valence-electron chi connectivity index (χ4n) is 3.36. The maximum Gasteiger partial charge on any atom is 0.319 e. The Kier molecular flexibility index (Phi) is 5.44. The summed E-state index contributed by atoms with van der Waals surface area (Å²) in [6, 6.07) is 6.61. The number of carbonyl (C=O) groups is 3. The number of anilines is 1. The Morgan fingerprint density at radius 2 is 1.85 bits per heavy atom. The summed E-state index contributed by atoms with van der Waals surface area (Å²) in [6.45, 7) is 0.126. The van der Waals surface area contributed by atoms with E-state index in [0.717, 1.165) is 32.1 Å². The van der Waals surface area contributed by atoms with Crippen molar-refractivity contribution in [3.63, 3.8) is 0 Å². The number of carboxylic acid groups (broad SMARTS) is 1. The van der Waals surface area contributed by atoms with Gasteiger partial charge in [-0.2, -0.15) is 0 Å². The summed E-state index contributed by atoms with van der Waals surface area (Å²) in [5.74, 6) is -1.17. The van der Waals surface area contributed by atoms with E-state index in [-0.39, 0.29) is 24.5 Å². The largest absolute Gasteiger partial charge is 0.481 e. The zero-order valence-electron chi connectivity index (χ0n) is 14.7. The SMILES string of the molecule is O=C(Nc1cccc(C(=O)NCC2(C(=O)O)CCCCC2)c1)NC1CC1. The van der Waals surface area contributed by atoms with Crippen LogP contribution in [0.4, 0.5) is 10.5 Å². The van der Waals surface area contributed by atoms with Gasteiger partial charge in [-0.05, 0) is 43.9 Å². The number of carboxylic acids is 1. The summed E-state index contributed by atoms with van der Waals surface area (Å²) < 4.78 is 0. The second kappa shape index (κ2) is 7.76. The van der Waals surface area contributed by atoms with Gasteiger partial charge in [-0.1, -0.05) is 25.3 Å². The predicted octanol–water partition coefficient (Wildman–Crippen LogP) is 2.74. The number of hydrogen-bond acceptors (Lipinski definition) is 3. The first kappa shape index (κ1) is 18.2. The van der Waals surface area contributed by atoms with E-state index in [1.165, 1.54) is 0 Å². The number of benzene rings is 1. The average Bonchev–Trinajstić information content (AvgIpc) is 3.44. The Labute approximate surface area is 152 Å². The minimum absolute atomic E-state index is 0.126. The van der Waals surface area contributed by atoms with Gasteiger partial charge in [0.15, 0.2) is 0 Å². The van der Waals surface area contributed by atoms with Crippen LogP contribution in [-0.4, -0.2) is 35.6 Å². The molecule has 3 amide bonds. The van der Waals surface area contributed by atoms with Crippen molar-refractivity contribution in [1.29, 1.82) is 0 Å². The Hall–Kier alpha value is -2.57. The summed E-state index contributed by atoms with van der Waals surface area (Å²) in [7, 11) is 0. The fourth-order valence-corrected chi connectivity index (χ4v) is 3.36. The van der Waals surface area contributed by atoms with Gasteiger partial charge in [-0.3, -0.25) is 9.59 Å². The van der Waals surface area contributed by atoms with Gasteiger partial charge in [-0.25, -0.2) is 4.79 Å². The highest BCUT2D eigenvalue weighted by molar-refractivity contribution is 5.97. The lowest BCUT2D eigenvalue weighted by Crippen LogP contribution is -2.44. The Morgan fingerprint density at radius 3 is 2.50 bits per heavy atom. The monoisotopic (exact) mass is 359 g/mol. The molecule has 0 unspecified atom stereocenters. The van der Waals surface area contributed by atoms with E-state index in [1.54, 1.807) is 24.3 Å². The van der Waals surface area contributed by atoms with Crippen LogP contribution in [-0.2, 0) is 4.79 Å². The molecule has 0 aromatic heterocycles. The highest BCUT2D eigenvalue weighted by atomic mass is 16.4. The van der Waals surface area contributed by atoms with Gasteiger partial charge in [-0.15, -0.1) is 0 Å². The normalized spacial score (nSPS) is 18.6. The third kappa shape index (κ3) is 4.53. The molecule has 2 fully saturated rings. The molecule has 4 N–H and O–H groups in total. The molecule has 0 spiro atoms. The molecule has 3 rings (SSSR count). The summed E-state index contributed by atoms with van der Waals surface area (Å²) >= 11 is 0. The summed E-state index contributed by atoms with van der Waals surface area (Å²) in [4.78, 5) is 35.9. The van der Waals surface area contributed by atoms with Crippen LogP contribution in [0.5, 0.6) is 0 Å². The van der Waals surface area contributed by atoms with Crippen LogP contribution >= 0.6 is 0 Å². The maximum absolute atomic E-state index is 12.4. The maximum atomic E-state index is 12.4. The van der Waals surface area contributed by atoms with Gasteiger partial charge in [0.05, 0.1) is 5.41 Å². The van der Waals surface area contributed by atoms with Crippen LogP contribution in [0.2, 0.25) is 0 Å². The minimum atomic E-state index is -0.867. The molecule has 1 aromatic rings. The molecule has 2 aliphatic carbocycles. The van der Waals surface area contributed by atoms with Crippen LogP contribution in [0.3, 0.4) is 0 Å². The van der Waals surface area contributed by atoms with Crippen molar-refractivity contribution < 1.29 is 19.5 Å². The lowest BCUT2D eigenvalue weighted by molar-refractivity contribution is -0.150. The quantitative estimate of drug-likeness (QED) is 0.626. The van der Waals surface area contributed by atoms with E-state index in [2.05, 4.69) is 16.0 Å². The van der Waals surface area contributed by atoms with E-state index < -0.39 is 11.4 Å². The molecule has 7 heteroatoms. The van der Waals surface area contributed by atoms with E-state index >= 15 is 0 Å². The first-order valence-corrected chi connectivity index (χ1v) is 9.18. The first-order chi connectivity index (χ1) is 12.5. The van der Waals surface area contributed by atoms with Crippen molar-refractivity contribution in [2.45, 2.75) is 51.0 Å². The summed E-state index contributed by atoms with van der Waals surface area (Å²) in [6.07, 6.45) is 5.97. The van der Waals surface area contributed by atoms with Crippen molar-refractivity contribution in [2.24, 2.45) is 5.41 Å². The van der Waals surface area contributed by atoms with Crippen LogP contribution in [0.15, 0.2) is 24.3 Å². The molecule has 0 heterocycles. The van der Waals surface area contributed by atoms with Gasteiger partial charge in [0.1, 0.15) is 0 Å². The van der Waals surface area contributed by atoms with Crippen LogP contribution in [0.25, 0.3) is 0 Å². The molecule has 0 atom stereocenters. The minimum Gasteiger partial charge on any atom is -0.481 e. The van der Waals surface area contributed by atoms with E-state index in [9.17, 15) is 19.5 Å². The van der Waals surface area contributed by atoms with Crippen LogP contribution in [0, 0.1) is 5.41 Å². The van der Waals surface area contributed by atoms with Gasteiger partial charge in [0.2, 0.25) is 0 Å². The van der Waals surface area contributed by atoms with Crippen LogP contribution < -0.4 is 16.0 Å². The van der Waals surface area contributed by atoms with Crippen molar-refractivity contribution >= 4 is 23.6 Å².